The van der Waals surface area contributed by atoms with Crippen molar-refractivity contribution in [2.75, 3.05) is 7.11 Å². The zero-order valence-electron chi connectivity index (χ0n) is 13.4. The highest BCUT2D eigenvalue weighted by Crippen LogP contribution is 2.19. The highest BCUT2D eigenvalue weighted by Gasteiger charge is 2.11. The van der Waals surface area contributed by atoms with E-state index in [-0.39, 0.29) is 30.8 Å². The van der Waals surface area contributed by atoms with Crippen molar-refractivity contribution in [3.63, 3.8) is 0 Å². The smallest absolute Gasteiger partial charge is 0.222 e. The number of rotatable bonds is 6. The number of carbonyl (C=O) groups is 1. The number of methoxy groups -OCH3 is 1. The van der Waals surface area contributed by atoms with E-state index in [2.05, 4.69) is 5.32 Å². The maximum Gasteiger partial charge on any atom is 0.222 e. The van der Waals surface area contributed by atoms with Gasteiger partial charge in [-0.15, -0.1) is 12.4 Å². The average molecular weight is 335 g/mol. The number of amides is 1. The van der Waals surface area contributed by atoms with Crippen molar-refractivity contribution >= 4 is 18.3 Å². The first kappa shape index (κ1) is 19.0. The molecule has 2 aromatic carbocycles. The molecule has 0 aliphatic heterocycles. The van der Waals surface area contributed by atoms with Gasteiger partial charge in [0.1, 0.15) is 5.75 Å². The summed E-state index contributed by atoms with van der Waals surface area (Å²) in [5.74, 6) is 0.767. The minimum Gasteiger partial charge on any atom is -0.496 e. The number of halogens is 1. The van der Waals surface area contributed by atoms with E-state index in [1.54, 1.807) is 7.11 Å². The first-order chi connectivity index (χ1) is 10.6. The maximum atomic E-state index is 12.0. The van der Waals surface area contributed by atoms with Crippen molar-refractivity contribution in [3.05, 3.63) is 65.2 Å². The van der Waals surface area contributed by atoms with Crippen molar-refractivity contribution in [2.45, 2.75) is 25.9 Å². The van der Waals surface area contributed by atoms with Crippen molar-refractivity contribution in [1.82, 2.24) is 5.32 Å². The van der Waals surface area contributed by atoms with Crippen LogP contribution in [-0.4, -0.2) is 13.0 Å². The average Bonchev–Trinajstić information content (AvgIpc) is 2.55. The Morgan fingerprint density at radius 3 is 2.57 bits per heavy atom. The number of aryl methyl sites for hydroxylation is 1. The van der Waals surface area contributed by atoms with Gasteiger partial charge in [-0.2, -0.15) is 0 Å². The summed E-state index contributed by atoms with van der Waals surface area (Å²) in [4.78, 5) is 12.0. The molecule has 0 radical (unpaired) electrons. The minimum atomic E-state index is -0.284. The molecule has 4 nitrogen and oxygen atoms in total. The number of hydrogen-bond acceptors (Lipinski definition) is 3. The first-order valence-electron chi connectivity index (χ1n) is 7.31. The number of nitrogens with one attached hydrogen (secondary N) is 1. The van der Waals surface area contributed by atoms with Crippen LogP contribution in [0.5, 0.6) is 5.75 Å². The fourth-order valence-corrected chi connectivity index (χ4v) is 2.27. The fourth-order valence-electron chi connectivity index (χ4n) is 2.27. The number of ether oxygens (including phenoxy) is 1. The number of benzene rings is 2. The van der Waals surface area contributed by atoms with Crippen LogP contribution in [0, 0.1) is 6.92 Å². The molecule has 0 fully saturated rings. The van der Waals surface area contributed by atoms with Crippen LogP contribution in [0.2, 0.25) is 0 Å². The molecule has 0 saturated heterocycles. The monoisotopic (exact) mass is 334 g/mol. The zero-order chi connectivity index (χ0) is 15.9. The van der Waals surface area contributed by atoms with Crippen LogP contribution in [0.15, 0.2) is 48.5 Å². The molecule has 1 amide bonds. The van der Waals surface area contributed by atoms with Gasteiger partial charge in [-0.1, -0.05) is 42.5 Å². The summed E-state index contributed by atoms with van der Waals surface area (Å²) in [6, 6.07) is 15.3. The Morgan fingerprint density at radius 2 is 1.91 bits per heavy atom. The summed E-state index contributed by atoms with van der Waals surface area (Å²) in [5.41, 5.74) is 9.09. The van der Waals surface area contributed by atoms with Gasteiger partial charge < -0.3 is 15.8 Å². The fraction of sp³-hybridized carbons (Fsp3) is 0.278. The third-order valence-corrected chi connectivity index (χ3v) is 3.60. The molecule has 2 rings (SSSR count). The second-order valence-electron chi connectivity index (χ2n) is 5.30. The molecular weight excluding hydrogens is 312 g/mol. The van der Waals surface area contributed by atoms with E-state index in [0.717, 1.165) is 22.4 Å². The Hall–Kier alpha value is -2.04. The summed E-state index contributed by atoms with van der Waals surface area (Å²) in [6.45, 7) is 2.46. The number of carbonyl (C=O) groups excluding carboxylic acids is 1. The molecule has 0 heterocycles. The van der Waals surface area contributed by atoms with E-state index in [4.69, 9.17) is 10.5 Å². The highest BCUT2D eigenvalue weighted by molar-refractivity contribution is 5.85. The van der Waals surface area contributed by atoms with Gasteiger partial charge in [0.2, 0.25) is 5.91 Å². The van der Waals surface area contributed by atoms with Gasteiger partial charge in [0.15, 0.2) is 0 Å². The Kier molecular flexibility index (Phi) is 7.59. The van der Waals surface area contributed by atoms with Gasteiger partial charge in [-0.3, -0.25) is 4.79 Å². The van der Waals surface area contributed by atoms with Crippen molar-refractivity contribution < 1.29 is 9.53 Å². The molecule has 2 aromatic rings. The van der Waals surface area contributed by atoms with Gasteiger partial charge in [-0.05, 0) is 29.7 Å². The van der Waals surface area contributed by atoms with Gasteiger partial charge in [-0.25, -0.2) is 0 Å². The van der Waals surface area contributed by atoms with E-state index in [0.29, 0.717) is 6.54 Å². The molecule has 1 atom stereocenters. The van der Waals surface area contributed by atoms with Crippen LogP contribution in [0.3, 0.4) is 0 Å². The topological polar surface area (TPSA) is 64.3 Å². The molecule has 5 heteroatoms. The van der Waals surface area contributed by atoms with Crippen molar-refractivity contribution in [3.8, 4) is 5.75 Å². The second-order valence-corrected chi connectivity index (χ2v) is 5.30. The summed E-state index contributed by atoms with van der Waals surface area (Å²) in [5, 5.41) is 2.90. The Balaban J connectivity index is 0.00000264. The van der Waals surface area contributed by atoms with Crippen molar-refractivity contribution in [2.24, 2.45) is 5.73 Å². The first-order valence-corrected chi connectivity index (χ1v) is 7.31. The van der Waals surface area contributed by atoms with Crippen LogP contribution in [0.4, 0.5) is 0 Å². The third kappa shape index (κ3) is 5.58. The SMILES string of the molecule is COc1cc(CNC(=O)CC(N)c2ccccc2)ccc1C.Cl. The Labute approximate surface area is 143 Å². The molecule has 0 saturated carbocycles. The molecule has 0 bridgehead atoms. The molecule has 0 aliphatic carbocycles. The zero-order valence-corrected chi connectivity index (χ0v) is 14.2. The lowest BCUT2D eigenvalue weighted by Gasteiger charge is -2.13. The predicted octanol–water partition coefficient (Wildman–Crippen LogP) is 3.13. The van der Waals surface area contributed by atoms with Gasteiger partial charge in [0, 0.05) is 19.0 Å². The number of hydrogen-bond donors (Lipinski definition) is 2. The quantitative estimate of drug-likeness (QED) is 0.853. The van der Waals surface area contributed by atoms with Gasteiger partial charge in [0.05, 0.1) is 7.11 Å². The summed E-state index contributed by atoms with van der Waals surface area (Å²) in [6.07, 6.45) is 0.271. The van der Waals surface area contributed by atoms with Crippen LogP contribution in [0.1, 0.15) is 29.2 Å². The largest absolute Gasteiger partial charge is 0.496 e. The lowest BCUT2D eigenvalue weighted by molar-refractivity contribution is -0.121. The molecule has 124 valence electrons. The van der Waals surface area contributed by atoms with E-state index in [1.807, 2.05) is 55.5 Å². The normalized spacial score (nSPS) is 11.3. The van der Waals surface area contributed by atoms with Gasteiger partial charge >= 0.3 is 0 Å². The van der Waals surface area contributed by atoms with Crippen molar-refractivity contribution in [1.29, 1.82) is 0 Å². The lowest BCUT2D eigenvalue weighted by atomic mass is 10.0. The molecule has 0 aromatic heterocycles. The standard InChI is InChI=1S/C18H22N2O2.ClH/c1-13-8-9-14(10-17(13)22-2)12-20-18(21)11-16(19)15-6-4-3-5-7-15;/h3-10,16H,11-12,19H2,1-2H3,(H,20,21);1H. The Morgan fingerprint density at radius 1 is 1.22 bits per heavy atom. The van der Waals surface area contributed by atoms with Gasteiger partial charge in [0.25, 0.3) is 0 Å². The number of nitrogens with two attached hydrogens (primary N) is 1. The molecule has 0 spiro atoms. The predicted molar refractivity (Wildman–Crippen MR) is 94.8 cm³/mol. The minimum absolute atomic E-state index is 0. The van der Waals surface area contributed by atoms with Crippen LogP contribution < -0.4 is 15.8 Å². The molecule has 1 unspecified atom stereocenters. The lowest BCUT2D eigenvalue weighted by Crippen LogP contribution is -2.27. The van der Waals surface area contributed by atoms with Crippen LogP contribution in [0.25, 0.3) is 0 Å². The summed E-state index contributed by atoms with van der Waals surface area (Å²) < 4.78 is 5.28. The molecule has 0 aliphatic rings. The highest BCUT2D eigenvalue weighted by atomic mass is 35.5. The van der Waals surface area contributed by atoms with E-state index < -0.39 is 0 Å². The van der Waals surface area contributed by atoms with Crippen LogP contribution in [-0.2, 0) is 11.3 Å². The summed E-state index contributed by atoms with van der Waals surface area (Å²) in [7, 11) is 1.64. The Bertz CT molecular complexity index is 632. The molecular formula is C18H23ClN2O2. The second kappa shape index (κ2) is 9.18. The third-order valence-electron chi connectivity index (χ3n) is 3.60. The van der Waals surface area contributed by atoms with Crippen LogP contribution >= 0.6 is 12.4 Å². The molecule has 3 N–H and O–H groups in total. The maximum absolute atomic E-state index is 12.0. The van der Waals surface area contributed by atoms with E-state index in [9.17, 15) is 4.79 Å². The molecule has 23 heavy (non-hydrogen) atoms. The van der Waals surface area contributed by atoms with E-state index >= 15 is 0 Å². The summed E-state index contributed by atoms with van der Waals surface area (Å²) >= 11 is 0. The van der Waals surface area contributed by atoms with E-state index in [1.165, 1.54) is 0 Å².